The third kappa shape index (κ3) is 4.13. The van der Waals surface area contributed by atoms with Crippen molar-refractivity contribution in [1.82, 2.24) is 4.89 Å². The van der Waals surface area contributed by atoms with Crippen LogP contribution < -0.4 is 4.89 Å². The molecule has 0 aromatic rings. The fourth-order valence-corrected chi connectivity index (χ4v) is 2.28. The van der Waals surface area contributed by atoms with E-state index >= 15 is 0 Å². The number of rotatable bonds is 9. The maximum atomic E-state index is 13.4. The maximum Gasteiger partial charge on any atom is 0.460 e. The largest absolute Gasteiger partial charge is 0.460 e. The topological polar surface area (TPSA) is 72.5 Å². The first-order chi connectivity index (χ1) is 13.9. The van der Waals surface area contributed by atoms with Crippen LogP contribution in [0.15, 0.2) is 0 Å². The molecule has 0 amide bonds. The van der Waals surface area contributed by atoms with E-state index in [-0.39, 0.29) is 11.8 Å². The zero-order valence-corrected chi connectivity index (χ0v) is 15.3. The molecule has 0 fully saturated rings. The lowest BCUT2D eigenvalue weighted by atomic mass is 9.91. The molecule has 0 aromatic carbocycles. The number of sulfonamides is 1. The highest BCUT2D eigenvalue weighted by molar-refractivity contribution is 7.90. The minimum atomic E-state index is -8.93. The zero-order chi connectivity index (χ0) is 27.5. The molecule has 33 heavy (non-hydrogen) atoms. The van der Waals surface area contributed by atoms with Crippen LogP contribution in [0.25, 0.3) is 0 Å². The molecule has 198 valence electrons. The van der Waals surface area contributed by atoms with Gasteiger partial charge >= 0.3 is 63.0 Å². The van der Waals surface area contributed by atoms with Gasteiger partial charge in [-0.25, -0.2) is 8.42 Å². The number of nitrogens with one attached hydrogen (secondary N) is 1. The lowest BCUT2D eigenvalue weighted by Gasteiger charge is -2.42. The standard InChI is InChI=1S/C10H4F17NO4S/c1-2(29)32-28-33(30,31)10(26,27)8(21,22)6(17,18)4(13,14)3(11,12)5(15,16)7(19,20)9(23,24)25/h28H,1H3. The lowest BCUT2D eigenvalue weighted by Crippen LogP contribution is -2.75. The smallest absolute Gasteiger partial charge is 0.356 e. The van der Waals surface area contributed by atoms with Gasteiger partial charge in [0.2, 0.25) is 0 Å². The minimum Gasteiger partial charge on any atom is -0.356 e. The first kappa shape index (κ1) is 31.2. The number of carbonyl (C=O) groups is 1. The molecule has 0 aliphatic rings. The second kappa shape index (κ2) is 7.86. The van der Waals surface area contributed by atoms with Gasteiger partial charge in [0.1, 0.15) is 0 Å². The molecular formula is C10H4F17NO4S. The van der Waals surface area contributed by atoms with Crippen molar-refractivity contribution in [3.05, 3.63) is 0 Å². The van der Waals surface area contributed by atoms with Crippen molar-refractivity contribution in [2.45, 2.75) is 53.9 Å². The van der Waals surface area contributed by atoms with Crippen LogP contribution in [0.1, 0.15) is 6.92 Å². The van der Waals surface area contributed by atoms with Crippen LogP contribution in [0.2, 0.25) is 0 Å². The summed E-state index contributed by atoms with van der Waals surface area (Å²) in [5.41, 5.74) is 0. The van der Waals surface area contributed by atoms with Crippen LogP contribution in [0, 0.1) is 0 Å². The molecule has 0 atom stereocenters. The third-order valence-corrected chi connectivity index (χ3v) is 4.56. The normalized spacial score (nSPS) is 16.1. The summed E-state index contributed by atoms with van der Waals surface area (Å²) in [6.07, 6.45) is -7.91. The van der Waals surface area contributed by atoms with Crippen molar-refractivity contribution >= 4 is 16.0 Å². The van der Waals surface area contributed by atoms with Gasteiger partial charge in [0.15, 0.2) is 0 Å². The monoisotopic (exact) mass is 557 g/mol. The van der Waals surface area contributed by atoms with Crippen molar-refractivity contribution in [3.63, 3.8) is 0 Å². The summed E-state index contributed by atoms with van der Waals surface area (Å²) in [6.45, 7) is 0.130. The van der Waals surface area contributed by atoms with Crippen LogP contribution in [0.3, 0.4) is 0 Å². The summed E-state index contributed by atoms with van der Waals surface area (Å²) in [6, 6.07) is 0. The molecular weight excluding hydrogens is 553 g/mol. The maximum absolute atomic E-state index is 13.4. The molecule has 0 aliphatic carbocycles. The number of carbonyl (C=O) groups excluding carboxylic acids is 1. The summed E-state index contributed by atoms with van der Waals surface area (Å²) in [5.74, 6) is -54.2. The van der Waals surface area contributed by atoms with Crippen LogP contribution in [0.4, 0.5) is 74.6 Å². The van der Waals surface area contributed by atoms with Gasteiger partial charge in [-0.05, 0) is 4.89 Å². The van der Waals surface area contributed by atoms with E-state index < -0.39 is 63.0 Å². The van der Waals surface area contributed by atoms with Gasteiger partial charge in [-0.3, -0.25) is 4.79 Å². The molecule has 0 bridgehead atoms. The summed E-state index contributed by atoms with van der Waals surface area (Å²) >= 11 is 0. The molecule has 5 nitrogen and oxygen atoms in total. The number of hydrogen-bond acceptors (Lipinski definition) is 4. The van der Waals surface area contributed by atoms with Crippen molar-refractivity contribution in [2.75, 3.05) is 0 Å². The Morgan fingerprint density at radius 2 is 0.848 bits per heavy atom. The number of alkyl halides is 17. The van der Waals surface area contributed by atoms with Gasteiger partial charge in [-0.1, -0.05) is 0 Å². The van der Waals surface area contributed by atoms with Gasteiger partial charge in [0.25, 0.3) is 0 Å². The van der Waals surface area contributed by atoms with Crippen molar-refractivity contribution < 1.29 is 92.7 Å². The molecule has 0 spiro atoms. The molecule has 0 aliphatic heterocycles. The van der Waals surface area contributed by atoms with E-state index in [0.717, 1.165) is 0 Å². The lowest BCUT2D eigenvalue weighted by molar-refractivity contribution is -0.458. The predicted octanol–water partition coefficient (Wildman–Crippen LogP) is 4.35. The molecule has 0 radical (unpaired) electrons. The van der Waals surface area contributed by atoms with Gasteiger partial charge in [0, 0.05) is 6.92 Å². The molecule has 1 N–H and O–H groups in total. The van der Waals surface area contributed by atoms with Crippen molar-refractivity contribution in [3.8, 4) is 0 Å². The summed E-state index contributed by atoms with van der Waals surface area (Å²) < 4.78 is 242. The third-order valence-electron chi connectivity index (χ3n) is 3.33. The van der Waals surface area contributed by atoms with E-state index in [0.29, 0.717) is 0 Å². The number of hydrogen-bond donors (Lipinski definition) is 1. The molecule has 0 rings (SSSR count). The Morgan fingerprint density at radius 3 is 1.12 bits per heavy atom. The Morgan fingerprint density at radius 1 is 0.576 bits per heavy atom. The van der Waals surface area contributed by atoms with Crippen LogP contribution >= 0.6 is 0 Å². The molecule has 0 aromatic heterocycles. The van der Waals surface area contributed by atoms with E-state index in [1.54, 1.807) is 0 Å². The van der Waals surface area contributed by atoms with E-state index in [2.05, 4.69) is 4.84 Å². The summed E-state index contributed by atoms with van der Waals surface area (Å²) in [5, 5.41) is -7.79. The highest BCUT2D eigenvalue weighted by atomic mass is 32.2. The Labute approximate surface area is 168 Å². The van der Waals surface area contributed by atoms with Gasteiger partial charge in [-0.2, -0.15) is 74.6 Å². The van der Waals surface area contributed by atoms with Gasteiger partial charge < -0.3 is 4.84 Å². The van der Waals surface area contributed by atoms with Crippen LogP contribution in [-0.2, 0) is 19.7 Å². The average molecular weight is 557 g/mol. The fourth-order valence-electron chi connectivity index (χ4n) is 1.48. The van der Waals surface area contributed by atoms with Gasteiger partial charge in [-0.15, -0.1) is 0 Å². The van der Waals surface area contributed by atoms with Crippen molar-refractivity contribution in [1.29, 1.82) is 0 Å². The van der Waals surface area contributed by atoms with E-state index in [1.165, 1.54) is 0 Å². The molecule has 23 heteroatoms. The van der Waals surface area contributed by atoms with Crippen LogP contribution in [-0.4, -0.2) is 61.4 Å². The van der Waals surface area contributed by atoms with Crippen LogP contribution in [0.5, 0.6) is 0 Å². The van der Waals surface area contributed by atoms with Crippen molar-refractivity contribution in [2.24, 2.45) is 0 Å². The summed E-state index contributed by atoms with van der Waals surface area (Å²) in [4.78, 5) is 12.9. The quantitative estimate of drug-likeness (QED) is 0.338. The Bertz CT molecular complexity index is 862. The van der Waals surface area contributed by atoms with Gasteiger partial charge in [0.05, 0.1) is 0 Å². The molecule has 0 heterocycles. The first-order valence-corrected chi connectivity index (χ1v) is 8.30. The Balaban J connectivity index is 6.86. The molecule has 0 unspecified atom stereocenters. The Hall–Kier alpha value is -1.81. The molecule has 0 saturated heterocycles. The highest BCUT2D eigenvalue weighted by Gasteiger charge is 2.96. The predicted molar refractivity (Wildman–Crippen MR) is 64.5 cm³/mol. The first-order valence-electron chi connectivity index (χ1n) is 6.82. The summed E-state index contributed by atoms with van der Waals surface area (Å²) in [7, 11) is -7.64. The molecule has 0 saturated carbocycles. The number of halogens is 17. The fraction of sp³-hybridized carbons (Fsp3) is 0.900. The second-order valence-electron chi connectivity index (χ2n) is 5.64. The zero-order valence-electron chi connectivity index (χ0n) is 14.5. The Kier molecular flexibility index (Phi) is 7.43. The van der Waals surface area contributed by atoms with E-state index in [9.17, 15) is 87.8 Å². The van der Waals surface area contributed by atoms with E-state index in [4.69, 9.17) is 0 Å². The SMILES string of the molecule is CC(=O)ONS(=O)(=O)C(F)(F)C(F)(F)C(F)(F)C(F)(F)C(F)(F)C(F)(F)C(F)(F)C(F)(F)F. The second-order valence-corrected chi connectivity index (χ2v) is 7.33. The highest BCUT2D eigenvalue weighted by Crippen LogP contribution is 2.64. The average Bonchev–Trinajstić information content (AvgIpc) is 2.57. The van der Waals surface area contributed by atoms with E-state index in [1.807, 2.05) is 0 Å². The minimum absolute atomic E-state index is 0.130.